The molecule has 0 atom stereocenters. The molecule has 0 saturated carbocycles. The molecule has 1 N–H and O–H groups in total. The number of rotatable bonds is 11. The van der Waals surface area contributed by atoms with Crippen LogP contribution in [0.2, 0.25) is 0 Å². The summed E-state index contributed by atoms with van der Waals surface area (Å²) in [5, 5.41) is 2.98. The molecule has 1 heterocycles. The molecule has 0 fully saturated rings. The number of hydrogen-bond donors (Lipinski definition) is 1. The molecule has 8 heteroatoms. The van der Waals surface area contributed by atoms with Crippen LogP contribution in [0.5, 0.6) is 23.0 Å². The Morgan fingerprint density at radius 1 is 0.919 bits per heavy atom. The summed E-state index contributed by atoms with van der Waals surface area (Å²) in [7, 11) is 4.57. The smallest absolute Gasteiger partial charge is 0.251 e. The topological polar surface area (TPSA) is 83.8 Å². The molecule has 0 unspecified atom stereocenters. The van der Waals surface area contributed by atoms with Gasteiger partial charge in [0.2, 0.25) is 5.75 Å². The van der Waals surface area contributed by atoms with Crippen LogP contribution < -0.4 is 24.3 Å². The van der Waals surface area contributed by atoms with Gasteiger partial charge in [-0.15, -0.1) is 0 Å². The molecule has 1 amide bonds. The van der Waals surface area contributed by atoms with Crippen LogP contribution >= 0.6 is 0 Å². The van der Waals surface area contributed by atoms with Crippen molar-refractivity contribution in [2.75, 3.05) is 34.5 Å². The summed E-state index contributed by atoms with van der Waals surface area (Å²) < 4.78 is 24.3. The molecule has 0 aliphatic rings. The van der Waals surface area contributed by atoms with Gasteiger partial charge in [-0.1, -0.05) is 29.8 Å². The Morgan fingerprint density at radius 3 is 2.32 bits per heavy atom. The third kappa shape index (κ3) is 5.80. The monoisotopic (exact) mass is 503 g/mol. The van der Waals surface area contributed by atoms with Gasteiger partial charge in [0.25, 0.3) is 5.91 Å². The average Bonchev–Trinajstić information content (AvgIpc) is 3.26. The van der Waals surface area contributed by atoms with Crippen molar-refractivity contribution >= 4 is 16.9 Å². The second-order valence-electron chi connectivity index (χ2n) is 8.71. The van der Waals surface area contributed by atoms with Gasteiger partial charge in [-0.3, -0.25) is 4.79 Å². The fourth-order valence-corrected chi connectivity index (χ4v) is 4.38. The summed E-state index contributed by atoms with van der Waals surface area (Å²) in [4.78, 5) is 17.7. The Balaban J connectivity index is 1.45. The zero-order valence-electron chi connectivity index (χ0n) is 22.0. The lowest BCUT2D eigenvalue weighted by atomic mass is 10.1. The van der Waals surface area contributed by atoms with E-state index in [0.717, 1.165) is 28.2 Å². The summed E-state index contributed by atoms with van der Waals surface area (Å²) in [6.45, 7) is 5.69. The third-order valence-corrected chi connectivity index (χ3v) is 6.20. The van der Waals surface area contributed by atoms with Gasteiger partial charge in [0.15, 0.2) is 11.5 Å². The van der Waals surface area contributed by atoms with Crippen molar-refractivity contribution in [3.05, 3.63) is 77.1 Å². The maximum absolute atomic E-state index is 12.9. The molecule has 0 saturated heterocycles. The Morgan fingerprint density at radius 2 is 1.65 bits per heavy atom. The van der Waals surface area contributed by atoms with Gasteiger partial charge in [0, 0.05) is 18.5 Å². The first-order valence-corrected chi connectivity index (χ1v) is 12.2. The molecule has 0 aliphatic carbocycles. The molecule has 8 nitrogen and oxygen atoms in total. The van der Waals surface area contributed by atoms with Crippen LogP contribution in [0.15, 0.2) is 54.6 Å². The van der Waals surface area contributed by atoms with E-state index in [4.69, 9.17) is 23.9 Å². The maximum Gasteiger partial charge on any atom is 0.251 e. The molecular formula is C29H33N3O5. The molecule has 4 aromatic rings. The molecule has 3 aromatic carbocycles. The van der Waals surface area contributed by atoms with E-state index >= 15 is 0 Å². The fourth-order valence-electron chi connectivity index (χ4n) is 4.38. The first-order valence-electron chi connectivity index (χ1n) is 12.2. The fraction of sp³-hybridized carbons (Fsp3) is 0.310. The lowest BCUT2D eigenvalue weighted by Crippen LogP contribution is -2.27. The zero-order valence-corrected chi connectivity index (χ0v) is 22.0. The molecule has 37 heavy (non-hydrogen) atoms. The highest BCUT2D eigenvalue weighted by Crippen LogP contribution is 2.38. The Labute approximate surface area is 217 Å². The van der Waals surface area contributed by atoms with E-state index in [2.05, 4.69) is 41.9 Å². The van der Waals surface area contributed by atoms with Crippen LogP contribution in [-0.4, -0.2) is 49.9 Å². The number of nitrogens with one attached hydrogen (secondary N) is 1. The number of carbonyl (C=O) groups is 1. The number of ether oxygens (including phenoxy) is 4. The number of amides is 1. The zero-order chi connectivity index (χ0) is 26.4. The number of nitrogens with zero attached hydrogens (tertiary/aromatic N) is 2. The van der Waals surface area contributed by atoms with Crippen molar-refractivity contribution in [2.45, 2.75) is 26.8 Å². The summed E-state index contributed by atoms with van der Waals surface area (Å²) in [6.07, 6.45) is 0.564. The quantitative estimate of drug-likeness (QED) is 0.319. The standard InChI is InChI=1S/C29H33N3O5/c1-19-10-11-24(20(2)16-19)37-15-14-32-23-9-7-6-8-22(23)31-27(32)12-13-30-29(33)21-17-25(34-3)28(36-5)26(18-21)35-4/h6-11,16-18H,12-15H2,1-5H3,(H,30,33). The van der Waals surface area contributed by atoms with Gasteiger partial charge in [-0.05, 0) is 49.7 Å². The average molecular weight is 504 g/mol. The molecule has 0 aliphatic heterocycles. The summed E-state index contributed by atoms with van der Waals surface area (Å²) in [6, 6.07) is 17.5. The summed E-state index contributed by atoms with van der Waals surface area (Å²) in [5.74, 6) is 2.83. The first kappa shape index (κ1) is 25.9. The number of para-hydroxylation sites is 2. The normalized spacial score (nSPS) is 10.8. The van der Waals surface area contributed by atoms with E-state index in [9.17, 15) is 4.79 Å². The van der Waals surface area contributed by atoms with Gasteiger partial charge in [0.05, 0.1) is 38.9 Å². The van der Waals surface area contributed by atoms with Crippen molar-refractivity contribution in [1.82, 2.24) is 14.9 Å². The van der Waals surface area contributed by atoms with E-state index in [1.54, 1.807) is 12.1 Å². The van der Waals surface area contributed by atoms with Crippen molar-refractivity contribution in [3.63, 3.8) is 0 Å². The number of fused-ring (bicyclic) bond motifs is 1. The molecule has 194 valence electrons. The number of aromatic nitrogens is 2. The van der Waals surface area contributed by atoms with Gasteiger partial charge in [-0.25, -0.2) is 4.98 Å². The molecule has 0 bridgehead atoms. The number of methoxy groups -OCH3 is 3. The predicted molar refractivity (Wildman–Crippen MR) is 143 cm³/mol. The summed E-state index contributed by atoms with van der Waals surface area (Å²) >= 11 is 0. The Kier molecular flexibility index (Phi) is 8.18. The van der Waals surface area contributed by atoms with E-state index in [0.29, 0.717) is 48.9 Å². The second kappa shape index (κ2) is 11.7. The van der Waals surface area contributed by atoms with Crippen LogP contribution in [-0.2, 0) is 13.0 Å². The van der Waals surface area contributed by atoms with Crippen LogP contribution in [0.25, 0.3) is 11.0 Å². The molecular weight excluding hydrogens is 470 g/mol. The van der Waals surface area contributed by atoms with E-state index in [-0.39, 0.29) is 5.91 Å². The first-order chi connectivity index (χ1) is 17.9. The van der Waals surface area contributed by atoms with Crippen molar-refractivity contribution < 1.29 is 23.7 Å². The number of hydrogen-bond acceptors (Lipinski definition) is 6. The highest BCUT2D eigenvalue weighted by atomic mass is 16.5. The molecule has 1 aromatic heterocycles. The minimum atomic E-state index is -0.236. The molecule has 4 rings (SSSR count). The minimum Gasteiger partial charge on any atom is -0.493 e. The second-order valence-corrected chi connectivity index (χ2v) is 8.71. The lowest BCUT2D eigenvalue weighted by molar-refractivity contribution is 0.0953. The third-order valence-electron chi connectivity index (χ3n) is 6.20. The van der Waals surface area contributed by atoms with Crippen LogP contribution in [0.1, 0.15) is 27.3 Å². The number of benzene rings is 3. The lowest BCUT2D eigenvalue weighted by Gasteiger charge is -2.14. The highest BCUT2D eigenvalue weighted by molar-refractivity contribution is 5.95. The minimum absolute atomic E-state index is 0.236. The van der Waals surface area contributed by atoms with Crippen LogP contribution in [0.4, 0.5) is 0 Å². The van der Waals surface area contributed by atoms with Gasteiger partial charge in [0.1, 0.15) is 18.2 Å². The van der Waals surface area contributed by atoms with Crippen LogP contribution in [0, 0.1) is 13.8 Å². The highest BCUT2D eigenvalue weighted by Gasteiger charge is 2.17. The number of aryl methyl sites for hydroxylation is 2. The van der Waals surface area contributed by atoms with Gasteiger partial charge in [-0.2, -0.15) is 0 Å². The van der Waals surface area contributed by atoms with E-state index in [1.807, 2.05) is 24.3 Å². The van der Waals surface area contributed by atoms with Crippen LogP contribution in [0.3, 0.4) is 0 Å². The van der Waals surface area contributed by atoms with Gasteiger partial charge >= 0.3 is 0 Å². The molecule has 0 spiro atoms. The van der Waals surface area contributed by atoms with E-state index in [1.165, 1.54) is 26.9 Å². The van der Waals surface area contributed by atoms with Gasteiger partial charge < -0.3 is 28.8 Å². The van der Waals surface area contributed by atoms with Crippen molar-refractivity contribution in [3.8, 4) is 23.0 Å². The van der Waals surface area contributed by atoms with Crippen molar-refractivity contribution in [1.29, 1.82) is 0 Å². The Hall–Kier alpha value is -4.20. The maximum atomic E-state index is 12.9. The SMILES string of the molecule is COc1cc(C(=O)NCCc2nc3ccccc3n2CCOc2ccc(C)cc2C)cc(OC)c1OC. The number of carbonyl (C=O) groups excluding carboxylic acids is 1. The largest absolute Gasteiger partial charge is 0.493 e. The molecule has 0 radical (unpaired) electrons. The van der Waals surface area contributed by atoms with Crippen molar-refractivity contribution in [2.24, 2.45) is 0 Å². The number of imidazole rings is 1. The predicted octanol–water partition coefficient (Wildman–Crippen LogP) is 4.73. The summed E-state index contributed by atoms with van der Waals surface area (Å²) in [5.41, 5.74) is 4.70. The Bertz CT molecular complexity index is 1370. The van der Waals surface area contributed by atoms with E-state index < -0.39 is 0 Å².